The van der Waals surface area contributed by atoms with Crippen LogP contribution in [-0.2, 0) is 26.0 Å². The Bertz CT molecular complexity index is 1550. The first-order valence-electron chi connectivity index (χ1n) is 12.9. The van der Waals surface area contributed by atoms with Crippen LogP contribution in [-0.4, -0.2) is 61.5 Å². The first kappa shape index (κ1) is 25.7. The Morgan fingerprint density at radius 1 is 1.05 bits per heavy atom. The fraction of sp³-hybridized carbons (Fsp3) is 0.357. The zero-order chi connectivity index (χ0) is 27.2. The molecule has 1 unspecified atom stereocenters. The van der Waals surface area contributed by atoms with Gasteiger partial charge in [0.2, 0.25) is 16.9 Å². The first-order chi connectivity index (χ1) is 18.8. The normalized spacial score (nSPS) is 21.3. The minimum atomic E-state index is -3.95. The van der Waals surface area contributed by atoms with E-state index in [0.29, 0.717) is 16.8 Å². The fourth-order valence-corrected chi connectivity index (χ4v) is 7.47. The SMILES string of the molecule is O=C(OCF)C12Cc3cnn(-c4ccc(F)cc4)c3C=C1CCN(S(=O)(=O)c1cccc(N3CCCC3)c1)C2. The molecular weight excluding hydrogens is 526 g/mol. The van der Waals surface area contributed by atoms with E-state index >= 15 is 0 Å². The van der Waals surface area contributed by atoms with Crippen LogP contribution in [0.1, 0.15) is 30.5 Å². The zero-order valence-corrected chi connectivity index (χ0v) is 22.0. The van der Waals surface area contributed by atoms with Crippen LogP contribution < -0.4 is 4.90 Å². The second-order valence-electron chi connectivity index (χ2n) is 10.2. The molecule has 204 valence electrons. The van der Waals surface area contributed by atoms with Crippen molar-refractivity contribution >= 4 is 27.8 Å². The molecule has 0 amide bonds. The Balaban J connectivity index is 1.35. The summed E-state index contributed by atoms with van der Waals surface area (Å²) in [7, 11) is -3.95. The zero-order valence-electron chi connectivity index (χ0n) is 21.2. The molecular formula is C28H28F2N4O4S. The molecule has 2 aromatic carbocycles. The fourth-order valence-electron chi connectivity index (χ4n) is 5.93. The summed E-state index contributed by atoms with van der Waals surface area (Å²) in [6.45, 7) is 0.447. The average Bonchev–Trinajstić information content (AvgIpc) is 3.62. The van der Waals surface area contributed by atoms with E-state index in [2.05, 4.69) is 10.00 Å². The molecule has 3 aliphatic rings. The largest absolute Gasteiger partial charge is 0.433 e. The van der Waals surface area contributed by atoms with E-state index in [9.17, 15) is 22.0 Å². The highest BCUT2D eigenvalue weighted by molar-refractivity contribution is 7.89. The summed E-state index contributed by atoms with van der Waals surface area (Å²) < 4.78 is 62.2. The Kier molecular flexibility index (Phi) is 6.50. The molecule has 3 aromatic rings. The summed E-state index contributed by atoms with van der Waals surface area (Å²) in [6.07, 6.45) is 5.92. The van der Waals surface area contributed by atoms with Crippen LogP contribution in [0.25, 0.3) is 11.8 Å². The molecule has 2 fully saturated rings. The van der Waals surface area contributed by atoms with Crippen LogP contribution in [0.15, 0.2) is 65.2 Å². The van der Waals surface area contributed by atoms with Crippen molar-refractivity contribution in [3.63, 3.8) is 0 Å². The number of alkyl halides is 1. The predicted molar refractivity (Wildman–Crippen MR) is 141 cm³/mol. The number of ether oxygens (including phenoxy) is 1. The van der Waals surface area contributed by atoms with Crippen molar-refractivity contribution in [1.29, 1.82) is 0 Å². The van der Waals surface area contributed by atoms with Gasteiger partial charge in [-0.05, 0) is 85.4 Å². The molecule has 1 aromatic heterocycles. The molecule has 1 aliphatic carbocycles. The highest BCUT2D eigenvalue weighted by atomic mass is 32.2. The van der Waals surface area contributed by atoms with Gasteiger partial charge in [-0.15, -0.1) is 0 Å². The smallest absolute Gasteiger partial charge is 0.320 e. The minimum absolute atomic E-state index is 0.105. The molecule has 6 rings (SSSR count). The van der Waals surface area contributed by atoms with Crippen LogP contribution in [0.5, 0.6) is 0 Å². The molecule has 1 atom stereocenters. The van der Waals surface area contributed by atoms with Gasteiger partial charge in [-0.1, -0.05) is 6.07 Å². The summed E-state index contributed by atoms with van der Waals surface area (Å²) in [5.74, 6) is -1.17. The third-order valence-corrected chi connectivity index (χ3v) is 9.80. The lowest BCUT2D eigenvalue weighted by atomic mass is 9.69. The number of sulfonamides is 1. The molecule has 2 saturated heterocycles. The molecule has 39 heavy (non-hydrogen) atoms. The van der Waals surface area contributed by atoms with Gasteiger partial charge in [-0.3, -0.25) is 4.79 Å². The lowest BCUT2D eigenvalue weighted by molar-refractivity contribution is -0.159. The van der Waals surface area contributed by atoms with E-state index in [4.69, 9.17) is 4.74 Å². The van der Waals surface area contributed by atoms with Crippen molar-refractivity contribution in [3.8, 4) is 5.69 Å². The highest BCUT2D eigenvalue weighted by Gasteiger charge is 2.52. The van der Waals surface area contributed by atoms with Gasteiger partial charge < -0.3 is 9.64 Å². The number of halogens is 2. The van der Waals surface area contributed by atoms with E-state index < -0.39 is 28.3 Å². The number of rotatable bonds is 6. The third kappa shape index (κ3) is 4.43. The van der Waals surface area contributed by atoms with Gasteiger partial charge in [0.15, 0.2) is 0 Å². The number of esters is 1. The van der Waals surface area contributed by atoms with Crippen molar-refractivity contribution in [2.75, 3.05) is 37.9 Å². The number of hydrogen-bond acceptors (Lipinski definition) is 6. The second kappa shape index (κ2) is 9.87. The molecule has 8 nitrogen and oxygen atoms in total. The van der Waals surface area contributed by atoms with Gasteiger partial charge in [0.25, 0.3) is 0 Å². The second-order valence-corrected chi connectivity index (χ2v) is 12.1. The van der Waals surface area contributed by atoms with Crippen molar-refractivity contribution in [2.45, 2.75) is 30.6 Å². The Hall–Kier alpha value is -3.57. The average molecular weight is 555 g/mol. The van der Waals surface area contributed by atoms with Crippen LogP contribution in [0.2, 0.25) is 0 Å². The topological polar surface area (TPSA) is 84.7 Å². The number of anilines is 1. The number of piperidine rings is 1. The number of nitrogens with zero attached hydrogens (tertiary/aromatic N) is 4. The van der Waals surface area contributed by atoms with Crippen molar-refractivity contribution in [1.82, 2.24) is 14.1 Å². The van der Waals surface area contributed by atoms with Gasteiger partial charge in [-0.2, -0.15) is 9.40 Å². The van der Waals surface area contributed by atoms with E-state index in [1.807, 2.05) is 12.1 Å². The molecule has 2 aliphatic heterocycles. The summed E-state index contributed by atoms with van der Waals surface area (Å²) in [4.78, 5) is 15.6. The standard InChI is InChI=1S/C28H28F2N4O4S/c29-19-38-27(35)28-16-20-17-31-34(23-8-6-22(30)7-9-23)26(20)14-21(28)10-13-33(18-28)39(36,37)25-5-3-4-24(15-25)32-11-1-2-12-32/h3-9,14-15,17H,1-2,10-13,16,18-19H2. The van der Waals surface area contributed by atoms with Gasteiger partial charge in [0.05, 0.1) is 22.5 Å². The maximum Gasteiger partial charge on any atom is 0.320 e. The van der Waals surface area contributed by atoms with E-state index in [1.54, 1.807) is 41.2 Å². The molecule has 0 saturated carbocycles. The number of benzene rings is 2. The number of hydrogen-bond donors (Lipinski definition) is 0. The third-order valence-electron chi connectivity index (χ3n) is 7.96. The maximum absolute atomic E-state index is 13.8. The predicted octanol–water partition coefficient (Wildman–Crippen LogP) is 4.10. The van der Waals surface area contributed by atoms with Crippen LogP contribution >= 0.6 is 0 Å². The Morgan fingerprint density at radius 3 is 2.56 bits per heavy atom. The number of aromatic nitrogens is 2. The maximum atomic E-state index is 13.8. The molecule has 0 spiro atoms. The van der Waals surface area contributed by atoms with Crippen molar-refractivity contribution in [3.05, 3.63) is 77.4 Å². The Labute approximate surface area is 225 Å². The van der Waals surface area contributed by atoms with Gasteiger partial charge in [0, 0.05) is 31.9 Å². The molecule has 0 radical (unpaired) electrons. The summed E-state index contributed by atoms with van der Waals surface area (Å²) in [5, 5.41) is 4.44. The van der Waals surface area contributed by atoms with Gasteiger partial charge in [-0.25, -0.2) is 21.9 Å². The summed E-state index contributed by atoms with van der Waals surface area (Å²) in [5.41, 5.74) is 2.19. The van der Waals surface area contributed by atoms with Crippen LogP contribution in [0, 0.1) is 11.2 Å². The number of carbonyl (C=O) groups excluding carboxylic acids is 1. The van der Waals surface area contributed by atoms with Crippen LogP contribution in [0.4, 0.5) is 14.5 Å². The lowest BCUT2D eigenvalue weighted by Gasteiger charge is -2.43. The number of carbonyl (C=O) groups is 1. The number of fused-ring (bicyclic) bond motifs is 2. The van der Waals surface area contributed by atoms with E-state index in [1.165, 1.54) is 16.4 Å². The summed E-state index contributed by atoms with van der Waals surface area (Å²) in [6, 6.07) is 12.8. The van der Waals surface area contributed by atoms with Crippen molar-refractivity contribution in [2.24, 2.45) is 5.41 Å². The highest BCUT2D eigenvalue weighted by Crippen LogP contribution is 2.46. The molecule has 3 heterocycles. The van der Waals surface area contributed by atoms with Gasteiger partial charge >= 0.3 is 5.97 Å². The molecule has 11 heteroatoms. The van der Waals surface area contributed by atoms with Crippen LogP contribution in [0.3, 0.4) is 0 Å². The quantitative estimate of drug-likeness (QED) is 0.427. The first-order valence-corrected chi connectivity index (χ1v) is 14.4. The monoisotopic (exact) mass is 554 g/mol. The Morgan fingerprint density at radius 2 is 1.82 bits per heavy atom. The van der Waals surface area contributed by atoms with E-state index in [0.717, 1.165) is 37.3 Å². The summed E-state index contributed by atoms with van der Waals surface area (Å²) >= 11 is 0. The van der Waals surface area contributed by atoms with Crippen molar-refractivity contribution < 1.29 is 26.7 Å². The van der Waals surface area contributed by atoms with Gasteiger partial charge in [0.1, 0.15) is 11.2 Å². The lowest BCUT2D eigenvalue weighted by Crippen LogP contribution is -2.53. The molecule has 0 N–H and O–H groups in total. The van der Waals surface area contributed by atoms with E-state index in [-0.39, 0.29) is 36.6 Å². The minimum Gasteiger partial charge on any atom is -0.433 e. The molecule has 0 bridgehead atoms.